The Kier molecular flexibility index (Phi) is 4.71. The minimum atomic E-state index is -0.482. The van der Waals surface area contributed by atoms with Crippen LogP contribution in [-0.4, -0.2) is 40.8 Å². The van der Waals surface area contributed by atoms with E-state index in [1.165, 1.54) is 0 Å². The molecular formula is C17H22N4O2S. The molecule has 0 aromatic carbocycles. The maximum Gasteiger partial charge on any atom is 0.407 e. The molecule has 0 bridgehead atoms. The van der Waals surface area contributed by atoms with Gasteiger partial charge >= 0.3 is 6.09 Å². The minimum absolute atomic E-state index is 0.0694. The number of nitrogens with one attached hydrogen (secondary N) is 1. The first-order chi connectivity index (χ1) is 11.4. The zero-order valence-electron chi connectivity index (χ0n) is 14.2. The maximum atomic E-state index is 11.9. The zero-order valence-corrected chi connectivity index (χ0v) is 15.0. The summed E-state index contributed by atoms with van der Waals surface area (Å²) in [5.74, 6) is 0.891. The van der Waals surface area contributed by atoms with Crippen LogP contribution in [0.15, 0.2) is 29.9 Å². The monoisotopic (exact) mass is 346 g/mol. The summed E-state index contributed by atoms with van der Waals surface area (Å²) in [5.41, 5.74) is 0.448. The molecule has 1 aliphatic heterocycles. The molecule has 3 rings (SSSR count). The summed E-state index contributed by atoms with van der Waals surface area (Å²) < 4.78 is 5.32. The van der Waals surface area contributed by atoms with E-state index in [4.69, 9.17) is 4.74 Å². The molecule has 0 spiro atoms. The summed E-state index contributed by atoms with van der Waals surface area (Å²) in [5, 5.41) is 4.97. The summed E-state index contributed by atoms with van der Waals surface area (Å²) in [7, 11) is 0. The van der Waals surface area contributed by atoms with Crippen molar-refractivity contribution in [3.05, 3.63) is 29.9 Å². The number of alkyl carbamates (subject to hydrolysis) is 1. The number of nitrogens with zero attached hydrogens (tertiary/aromatic N) is 3. The Morgan fingerprint density at radius 3 is 2.96 bits per heavy atom. The predicted octanol–water partition coefficient (Wildman–Crippen LogP) is 3.31. The molecule has 1 amide bonds. The van der Waals surface area contributed by atoms with Gasteiger partial charge in [-0.3, -0.25) is 0 Å². The van der Waals surface area contributed by atoms with E-state index in [1.807, 2.05) is 44.4 Å². The lowest BCUT2D eigenvalue weighted by Crippen LogP contribution is -2.40. The lowest BCUT2D eigenvalue weighted by atomic mass is 10.2. The Morgan fingerprint density at radius 2 is 2.25 bits per heavy atom. The van der Waals surface area contributed by atoms with Crippen LogP contribution >= 0.6 is 11.3 Å². The van der Waals surface area contributed by atoms with Gasteiger partial charge in [0.1, 0.15) is 17.7 Å². The van der Waals surface area contributed by atoms with Crippen LogP contribution in [0.2, 0.25) is 0 Å². The molecule has 0 radical (unpaired) electrons. The molecule has 1 atom stereocenters. The average Bonchev–Trinajstić information content (AvgIpc) is 3.16. The van der Waals surface area contributed by atoms with E-state index in [-0.39, 0.29) is 12.1 Å². The van der Waals surface area contributed by atoms with Gasteiger partial charge in [-0.05, 0) is 38.6 Å². The van der Waals surface area contributed by atoms with Crippen molar-refractivity contribution in [2.45, 2.75) is 38.8 Å². The summed E-state index contributed by atoms with van der Waals surface area (Å²) in [6, 6.07) is 6.13. The number of thiophene rings is 1. The first-order valence-electron chi connectivity index (χ1n) is 8.01. The van der Waals surface area contributed by atoms with Gasteiger partial charge in [-0.2, -0.15) is 0 Å². The first kappa shape index (κ1) is 16.7. The average molecular weight is 346 g/mol. The normalized spacial score (nSPS) is 17.8. The van der Waals surface area contributed by atoms with Crippen molar-refractivity contribution >= 4 is 23.2 Å². The Morgan fingerprint density at radius 1 is 1.42 bits per heavy atom. The van der Waals surface area contributed by atoms with Crippen LogP contribution in [-0.2, 0) is 4.74 Å². The maximum absolute atomic E-state index is 11.9. The number of amides is 1. The van der Waals surface area contributed by atoms with E-state index >= 15 is 0 Å². The molecule has 2 aromatic heterocycles. The number of hydrogen-bond donors (Lipinski definition) is 1. The van der Waals surface area contributed by atoms with Gasteiger partial charge in [0.05, 0.1) is 16.6 Å². The summed E-state index contributed by atoms with van der Waals surface area (Å²) in [6.07, 6.45) is 2.10. The van der Waals surface area contributed by atoms with Crippen molar-refractivity contribution in [3.63, 3.8) is 0 Å². The Balaban J connectivity index is 1.62. The van der Waals surface area contributed by atoms with E-state index in [1.54, 1.807) is 17.7 Å². The molecule has 0 aliphatic carbocycles. The van der Waals surface area contributed by atoms with E-state index in [0.717, 1.165) is 35.9 Å². The molecule has 24 heavy (non-hydrogen) atoms. The van der Waals surface area contributed by atoms with E-state index in [2.05, 4.69) is 20.2 Å². The Bertz CT molecular complexity index is 697. The number of carbonyl (C=O) groups is 1. The number of hydrogen-bond acceptors (Lipinski definition) is 6. The van der Waals surface area contributed by atoms with Gasteiger partial charge in [0.2, 0.25) is 0 Å². The minimum Gasteiger partial charge on any atom is -0.444 e. The zero-order chi connectivity index (χ0) is 17.2. The van der Waals surface area contributed by atoms with Gasteiger partial charge in [-0.25, -0.2) is 14.8 Å². The van der Waals surface area contributed by atoms with Gasteiger partial charge in [-0.15, -0.1) is 11.3 Å². The third-order valence-corrected chi connectivity index (χ3v) is 4.55. The second-order valence-electron chi connectivity index (χ2n) is 6.82. The Labute approximate surface area is 145 Å². The first-order valence-corrected chi connectivity index (χ1v) is 8.89. The standard InChI is InChI=1S/C17H22N4O2S/c1-17(2,3)23-16(22)20-12-6-7-21(10-12)15-9-13(18-11-19-15)14-5-4-8-24-14/h4-5,8-9,11-12H,6-7,10H2,1-3H3,(H,20,22). The molecule has 7 heteroatoms. The number of rotatable bonds is 3. The molecule has 1 unspecified atom stereocenters. The van der Waals surface area contributed by atoms with Crippen molar-refractivity contribution in [2.75, 3.05) is 18.0 Å². The summed E-state index contributed by atoms with van der Waals surface area (Å²) >= 11 is 1.66. The predicted molar refractivity (Wildman–Crippen MR) is 95.3 cm³/mol. The van der Waals surface area contributed by atoms with E-state index in [0.29, 0.717) is 0 Å². The van der Waals surface area contributed by atoms with Gasteiger partial charge < -0.3 is 15.0 Å². The number of carbonyl (C=O) groups excluding carboxylic acids is 1. The second-order valence-corrected chi connectivity index (χ2v) is 7.76. The molecule has 1 aliphatic rings. The van der Waals surface area contributed by atoms with Gasteiger partial charge in [-0.1, -0.05) is 6.07 Å². The molecule has 6 nitrogen and oxygen atoms in total. The largest absolute Gasteiger partial charge is 0.444 e. The fourth-order valence-corrected chi connectivity index (χ4v) is 3.33. The van der Waals surface area contributed by atoms with Crippen molar-refractivity contribution in [1.29, 1.82) is 0 Å². The highest BCUT2D eigenvalue weighted by Crippen LogP contribution is 2.26. The molecule has 0 saturated carbocycles. The lowest BCUT2D eigenvalue weighted by molar-refractivity contribution is 0.0509. The quantitative estimate of drug-likeness (QED) is 0.923. The number of anilines is 1. The third kappa shape index (κ3) is 4.23. The smallest absolute Gasteiger partial charge is 0.407 e. The van der Waals surface area contributed by atoms with Gasteiger partial charge in [0, 0.05) is 19.2 Å². The molecule has 2 aromatic rings. The number of aromatic nitrogens is 2. The summed E-state index contributed by atoms with van der Waals surface area (Å²) in [4.78, 5) is 23.9. The molecular weight excluding hydrogens is 324 g/mol. The topological polar surface area (TPSA) is 67.3 Å². The van der Waals surface area contributed by atoms with Crippen molar-refractivity contribution in [1.82, 2.24) is 15.3 Å². The molecule has 1 saturated heterocycles. The van der Waals surface area contributed by atoms with Crippen LogP contribution in [0.25, 0.3) is 10.6 Å². The van der Waals surface area contributed by atoms with Crippen LogP contribution < -0.4 is 10.2 Å². The van der Waals surface area contributed by atoms with Gasteiger partial charge in [0.25, 0.3) is 0 Å². The van der Waals surface area contributed by atoms with Crippen LogP contribution in [0, 0.1) is 0 Å². The van der Waals surface area contributed by atoms with Crippen molar-refractivity contribution in [2.24, 2.45) is 0 Å². The highest BCUT2D eigenvalue weighted by Gasteiger charge is 2.27. The van der Waals surface area contributed by atoms with Gasteiger partial charge in [0.15, 0.2) is 0 Å². The highest BCUT2D eigenvalue weighted by atomic mass is 32.1. The van der Waals surface area contributed by atoms with Crippen LogP contribution in [0.5, 0.6) is 0 Å². The van der Waals surface area contributed by atoms with E-state index < -0.39 is 5.60 Å². The highest BCUT2D eigenvalue weighted by molar-refractivity contribution is 7.13. The van der Waals surface area contributed by atoms with Crippen molar-refractivity contribution in [3.8, 4) is 10.6 Å². The lowest BCUT2D eigenvalue weighted by Gasteiger charge is -2.22. The van der Waals surface area contributed by atoms with Crippen LogP contribution in [0.1, 0.15) is 27.2 Å². The SMILES string of the molecule is CC(C)(C)OC(=O)NC1CCN(c2cc(-c3cccs3)ncn2)C1. The second kappa shape index (κ2) is 6.76. The van der Waals surface area contributed by atoms with Crippen molar-refractivity contribution < 1.29 is 9.53 Å². The molecule has 128 valence electrons. The molecule has 1 N–H and O–H groups in total. The van der Waals surface area contributed by atoms with E-state index in [9.17, 15) is 4.79 Å². The van der Waals surface area contributed by atoms with Crippen LogP contribution in [0.3, 0.4) is 0 Å². The molecule has 3 heterocycles. The summed E-state index contributed by atoms with van der Waals surface area (Å²) in [6.45, 7) is 7.16. The Hall–Kier alpha value is -2.15. The number of ether oxygens (including phenoxy) is 1. The fraction of sp³-hybridized carbons (Fsp3) is 0.471. The fourth-order valence-electron chi connectivity index (χ4n) is 2.64. The third-order valence-electron chi connectivity index (χ3n) is 3.66. The van der Waals surface area contributed by atoms with Crippen LogP contribution in [0.4, 0.5) is 10.6 Å². The molecule has 1 fully saturated rings.